The van der Waals surface area contributed by atoms with Gasteiger partial charge in [-0.15, -0.1) is 0 Å². The molecule has 0 saturated heterocycles. The van der Waals surface area contributed by atoms with Crippen molar-refractivity contribution in [3.8, 4) is 11.8 Å². The van der Waals surface area contributed by atoms with Crippen molar-refractivity contribution in [2.45, 2.75) is 26.3 Å². The highest BCUT2D eigenvalue weighted by Gasteiger charge is 2.19. The second-order valence-electron chi connectivity index (χ2n) is 6.95. The zero-order valence-corrected chi connectivity index (χ0v) is 17.5. The summed E-state index contributed by atoms with van der Waals surface area (Å²) in [5.74, 6) is 5.05. The van der Waals surface area contributed by atoms with Gasteiger partial charge in [0.05, 0.1) is 29.9 Å². The van der Waals surface area contributed by atoms with Crippen molar-refractivity contribution in [2.24, 2.45) is 12.0 Å². The Hall–Kier alpha value is -3.87. The maximum absolute atomic E-state index is 14.6. The van der Waals surface area contributed by atoms with E-state index in [9.17, 15) is 18.0 Å². The Balaban J connectivity index is 2.11. The molecule has 3 rings (SSSR count). The van der Waals surface area contributed by atoms with Gasteiger partial charge >= 0.3 is 6.09 Å². The number of carbonyl (C=O) groups is 1. The summed E-state index contributed by atoms with van der Waals surface area (Å²) in [6, 6.07) is 4.70. The van der Waals surface area contributed by atoms with E-state index in [4.69, 9.17) is 5.11 Å². The highest BCUT2D eigenvalue weighted by atomic mass is 19.3. The molecule has 1 amide bonds. The molecule has 2 aromatic heterocycles. The van der Waals surface area contributed by atoms with Crippen molar-refractivity contribution >= 4 is 17.0 Å². The Labute approximate surface area is 181 Å². The molecular weight excluding hydrogens is 423 g/mol. The summed E-state index contributed by atoms with van der Waals surface area (Å²) in [4.78, 5) is 23.8. The maximum Gasteiger partial charge on any atom is 0.405 e. The number of carboxylic acid groups (broad SMARTS) is 1. The molecule has 0 bridgehead atoms. The van der Waals surface area contributed by atoms with Gasteiger partial charge in [0.15, 0.2) is 5.49 Å². The third kappa shape index (κ3) is 4.88. The molecule has 10 heteroatoms. The van der Waals surface area contributed by atoms with E-state index in [0.29, 0.717) is 27.9 Å². The zero-order chi connectivity index (χ0) is 23.4. The Morgan fingerprint density at radius 3 is 2.75 bits per heavy atom. The quantitative estimate of drug-likeness (QED) is 0.603. The average molecular weight is 443 g/mol. The van der Waals surface area contributed by atoms with Crippen LogP contribution in [0.1, 0.15) is 42.0 Å². The number of pyridine rings is 1. The van der Waals surface area contributed by atoms with Gasteiger partial charge in [-0.1, -0.05) is 24.1 Å². The first-order chi connectivity index (χ1) is 15.2. The van der Waals surface area contributed by atoms with E-state index in [-0.39, 0.29) is 12.1 Å². The van der Waals surface area contributed by atoms with Crippen molar-refractivity contribution in [3.05, 3.63) is 64.4 Å². The van der Waals surface area contributed by atoms with Crippen LogP contribution in [0.2, 0.25) is 0 Å². The van der Waals surface area contributed by atoms with Crippen LogP contribution in [0.4, 0.5) is 18.0 Å². The molecule has 2 heterocycles. The highest BCUT2D eigenvalue weighted by molar-refractivity contribution is 5.78. The minimum absolute atomic E-state index is 0.0393. The van der Waals surface area contributed by atoms with Crippen molar-refractivity contribution in [3.63, 3.8) is 0 Å². The number of rotatable bonds is 4. The zero-order valence-electron chi connectivity index (χ0n) is 17.5. The molecule has 0 saturated carbocycles. The molecule has 0 radical (unpaired) electrons. The number of alkyl halides is 2. The largest absolute Gasteiger partial charge is 0.465 e. The lowest BCUT2D eigenvalue weighted by Gasteiger charge is -2.13. The van der Waals surface area contributed by atoms with E-state index in [1.54, 1.807) is 37.7 Å². The van der Waals surface area contributed by atoms with Crippen LogP contribution in [0.3, 0.4) is 0 Å². The van der Waals surface area contributed by atoms with Crippen molar-refractivity contribution in [2.75, 3.05) is 6.54 Å². The molecule has 0 fully saturated rings. The Morgan fingerprint density at radius 2 is 2.06 bits per heavy atom. The molecule has 1 aromatic carbocycles. The van der Waals surface area contributed by atoms with Crippen LogP contribution in [-0.4, -0.2) is 32.3 Å². The number of halogens is 3. The van der Waals surface area contributed by atoms with E-state index >= 15 is 0 Å². The van der Waals surface area contributed by atoms with Gasteiger partial charge in [0.25, 0.3) is 6.43 Å². The molecule has 32 heavy (non-hydrogen) atoms. The third-order valence-corrected chi connectivity index (χ3v) is 4.84. The molecule has 0 aliphatic heterocycles. The van der Waals surface area contributed by atoms with Crippen LogP contribution in [0.25, 0.3) is 10.9 Å². The lowest BCUT2D eigenvalue weighted by Crippen LogP contribution is -2.20. The van der Waals surface area contributed by atoms with Crippen molar-refractivity contribution in [1.82, 2.24) is 19.9 Å². The van der Waals surface area contributed by atoms with Crippen LogP contribution in [-0.2, 0) is 7.05 Å². The molecule has 0 aliphatic carbocycles. The second kappa shape index (κ2) is 9.51. The molecule has 0 aliphatic rings. The summed E-state index contributed by atoms with van der Waals surface area (Å²) >= 11 is 0. The molecule has 166 valence electrons. The predicted molar refractivity (Wildman–Crippen MR) is 111 cm³/mol. The second-order valence-corrected chi connectivity index (χ2v) is 6.95. The Morgan fingerprint density at radius 1 is 1.34 bits per heavy atom. The fourth-order valence-corrected chi connectivity index (χ4v) is 3.09. The SMILES string of the molecule is Cc1nc(=N[C@H](C)c2cccc(C(F)F)c2F)c2cc(C#CCNC(=O)O)ncc2n1C. The van der Waals surface area contributed by atoms with Crippen LogP contribution >= 0.6 is 0 Å². The summed E-state index contributed by atoms with van der Waals surface area (Å²) in [7, 11) is 1.80. The average Bonchev–Trinajstić information content (AvgIpc) is 2.74. The minimum atomic E-state index is -2.93. The molecule has 0 unspecified atom stereocenters. The summed E-state index contributed by atoms with van der Waals surface area (Å²) < 4.78 is 42.5. The molecule has 1 atom stereocenters. The number of hydrogen-bond donors (Lipinski definition) is 2. The van der Waals surface area contributed by atoms with Gasteiger partial charge < -0.3 is 15.0 Å². The molecule has 0 spiro atoms. The molecule has 7 nitrogen and oxygen atoms in total. The predicted octanol–water partition coefficient (Wildman–Crippen LogP) is 3.63. The normalized spacial score (nSPS) is 12.5. The first kappa shape index (κ1) is 22.8. The fraction of sp³-hybridized carbons (Fsp3) is 0.273. The molecule has 2 N–H and O–H groups in total. The molecular formula is C22H20F3N5O2. The van der Waals surface area contributed by atoms with Crippen LogP contribution < -0.4 is 10.8 Å². The van der Waals surface area contributed by atoms with Crippen LogP contribution in [0, 0.1) is 24.6 Å². The first-order valence-electron chi connectivity index (χ1n) is 9.58. The number of hydrogen-bond acceptors (Lipinski definition) is 4. The number of nitrogens with one attached hydrogen (secondary N) is 1. The van der Waals surface area contributed by atoms with E-state index in [1.807, 2.05) is 0 Å². The van der Waals surface area contributed by atoms with E-state index in [1.165, 1.54) is 12.1 Å². The van der Waals surface area contributed by atoms with E-state index < -0.39 is 29.9 Å². The standard InChI is InChI=1S/C22H20F3N5O2/c1-12(15-7-4-8-16(19(15)23)20(24)25)28-21-17-10-14(6-5-9-26-22(31)32)27-11-18(17)30(3)13(2)29-21/h4,7-8,10-12,20,26H,9H2,1-3H3,(H,31,32)/t12-/m1/s1. The lowest BCUT2D eigenvalue weighted by atomic mass is 10.0. The number of aryl methyl sites for hydroxylation is 2. The van der Waals surface area contributed by atoms with Crippen molar-refractivity contribution in [1.29, 1.82) is 0 Å². The summed E-state index contributed by atoms with van der Waals surface area (Å²) in [5, 5.41) is 11.3. The van der Waals surface area contributed by atoms with Crippen LogP contribution in [0.5, 0.6) is 0 Å². The summed E-state index contributed by atoms with van der Waals surface area (Å²) in [6.45, 7) is 3.30. The van der Waals surface area contributed by atoms with Gasteiger partial charge in [-0.3, -0.25) is 4.99 Å². The monoisotopic (exact) mass is 443 g/mol. The van der Waals surface area contributed by atoms with E-state index in [2.05, 4.69) is 32.1 Å². The van der Waals surface area contributed by atoms with Gasteiger partial charge in [-0.25, -0.2) is 27.9 Å². The molecule has 3 aromatic rings. The number of amides is 1. The summed E-state index contributed by atoms with van der Waals surface area (Å²) in [5.41, 5.74) is 0.719. The van der Waals surface area contributed by atoms with Crippen molar-refractivity contribution < 1.29 is 23.1 Å². The van der Waals surface area contributed by atoms with Crippen LogP contribution in [0.15, 0.2) is 35.5 Å². The number of nitrogens with zero attached hydrogens (tertiary/aromatic N) is 4. The summed E-state index contributed by atoms with van der Waals surface area (Å²) in [6.07, 6.45) is -2.53. The lowest BCUT2D eigenvalue weighted by molar-refractivity contribution is 0.146. The fourth-order valence-electron chi connectivity index (χ4n) is 3.09. The maximum atomic E-state index is 14.6. The minimum Gasteiger partial charge on any atom is -0.465 e. The Bertz CT molecular complexity index is 1310. The first-order valence-corrected chi connectivity index (χ1v) is 9.58. The van der Waals surface area contributed by atoms with Gasteiger partial charge in [0.2, 0.25) is 0 Å². The number of fused-ring (bicyclic) bond motifs is 1. The van der Waals surface area contributed by atoms with Gasteiger partial charge in [-0.05, 0) is 25.8 Å². The van der Waals surface area contributed by atoms with Gasteiger partial charge in [0, 0.05) is 18.0 Å². The topological polar surface area (TPSA) is 92.4 Å². The number of benzene rings is 1. The third-order valence-electron chi connectivity index (χ3n) is 4.84. The Kier molecular flexibility index (Phi) is 6.78. The smallest absolute Gasteiger partial charge is 0.405 e. The van der Waals surface area contributed by atoms with Gasteiger partial charge in [-0.2, -0.15) is 0 Å². The van der Waals surface area contributed by atoms with Gasteiger partial charge in [0.1, 0.15) is 17.3 Å². The highest BCUT2D eigenvalue weighted by Crippen LogP contribution is 2.28. The number of aromatic nitrogens is 3. The van der Waals surface area contributed by atoms with E-state index in [0.717, 1.165) is 6.07 Å².